The van der Waals surface area contributed by atoms with Gasteiger partial charge in [-0.3, -0.25) is 0 Å². The second-order valence-electron chi connectivity index (χ2n) is 3.24. The Bertz CT molecular complexity index is 449. The first kappa shape index (κ1) is 12.7. The quantitative estimate of drug-likeness (QED) is 0.632. The molecule has 0 unspecified atom stereocenters. The molecule has 0 saturated carbocycles. The molecule has 1 aromatic carbocycles. The monoisotopic (exact) mass is 281 g/mol. The first-order valence-electron chi connectivity index (χ1n) is 4.91. The number of ether oxygens (including phenoxy) is 1. The van der Waals surface area contributed by atoms with Crippen molar-refractivity contribution in [3.63, 3.8) is 0 Å². The highest BCUT2D eigenvalue weighted by Crippen LogP contribution is 2.20. The first-order valence-corrected chi connectivity index (χ1v) is 6.03. The van der Waals surface area contributed by atoms with E-state index < -0.39 is 0 Å². The van der Waals surface area contributed by atoms with Crippen LogP contribution in [-0.2, 0) is 10.1 Å². The van der Waals surface area contributed by atoms with E-state index in [4.69, 9.17) is 10.00 Å². The van der Waals surface area contributed by atoms with Gasteiger partial charge in [-0.15, -0.1) is 0 Å². The van der Waals surface area contributed by atoms with Crippen molar-refractivity contribution >= 4 is 21.9 Å². The lowest BCUT2D eigenvalue weighted by molar-refractivity contribution is 0.0525. The number of rotatable bonds is 3. The highest BCUT2D eigenvalue weighted by molar-refractivity contribution is 9.08. The lowest BCUT2D eigenvalue weighted by atomic mass is 9.98. The molecule has 0 aliphatic carbocycles. The number of alkyl halides is 1. The van der Waals surface area contributed by atoms with Crippen LogP contribution < -0.4 is 0 Å². The molecule has 4 heteroatoms. The number of esters is 1. The number of carbonyl (C=O) groups excluding carboxylic acids is 1. The molecule has 0 bridgehead atoms. The molecular weight excluding hydrogens is 270 g/mol. The van der Waals surface area contributed by atoms with Crippen molar-refractivity contribution in [2.24, 2.45) is 0 Å². The van der Waals surface area contributed by atoms with E-state index in [9.17, 15) is 4.79 Å². The van der Waals surface area contributed by atoms with Crippen LogP contribution in [0.3, 0.4) is 0 Å². The molecule has 0 amide bonds. The van der Waals surface area contributed by atoms with E-state index in [2.05, 4.69) is 22.0 Å². The summed E-state index contributed by atoms with van der Waals surface area (Å²) in [4.78, 5) is 11.6. The molecule has 0 heterocycles. The second kappa shape index (κ2) is 5.66. The number of halogens is 1. The molecule has 0 spiro atoms. The van der Waals surface area contributed by atoms with E-state index in [1.807, 2.05) is 0 Å². The minimum absolute atomic E-state index is 0.334. The van der Waals surface area contributed by atoms with Gasteiger partial charge >= 0.3 is 5.97 Å². The van der Waals surface area contributed by atoms with Crippen LogP contribution in [0.1, 0.15) is 34.0 Å². The lowest BCUT2D eigenvalue weighted by Crippen LogP contribution is -2.08. The zero-order chi connectivity index (χ0) is 12.1. The molecule has 0 N–H and O–H groups in total. The maximum Gasteiger partial charge on any atom is 0.338 e. The first-order chi connectivity index (χ1) is 7.65. The molecule has 0 radical (unpaired) electrons. The van der Waals surface area contributed by atoms with E-state index in [0.717, 1.165) is 5.56 Å². The summed E-state index contributed by atoms with van der Waals surface area (Å²) in [5.41, 5.74) is 2.57. The summed E-state index contributed by atoms with van der Waals surface area (Å²) in [5.74, 6) is -0.377. The number of carbonyl (C=O) groups is 1. The Labute approximate surface area is 103 Å². The summed E-state index contributed by atoms with van der Waals surface area (Å²) < 4.78 is 4.92. The highest BCUT2D eigenvalue weighted by atomic mass is 79.9. The Morgan fingerprint density at radius 1 is 1.56 bits per heavy atom. The van der Waals surface area contributed by atoms with Gasteiger partial charge in [-0.2, -0.15) is 5.26 Å². The van der Waals surface area contributed by atoms with E-state index in [-0.39, 0.29) is 5.97 Å². The summed E-state index contributed by atoms with van der Waals surface area (Å²) in [6.45, 7) is 3.85. The molecule has 3 nitrogen and oxygen atoms in total. The smallest absolute Gasteiger partial charge is 0.338 e. The predicted molar refractivity (Wildman–Crippen MR) is 64.5 cm³/mol. The van der Waals surface area contributed by atoms with E-state index in [0.29, 0.717) is 28.6 Å². The third-order valence-electron chi connectivity index (χ3n) is 2.30. The number of hydrogen-bond donors (Lipinski definition) is 0. The Morgan fingerprint density at radius 3 is 2.75 bits per heavy atom. The Hall–Kier alpha value is -1.34. The molecule has 16 heavy (non-hydrogen) atoms. The SMILES string of the molecule is CCOC(=O)c1ccc(CBr)c(C#N)c1C. The summed E-state index contributed by atoms with van der Waals surface area (Å²) in [7, 11) is 0. The summed E-state index contributed by atoms with van der Waals surface area (Å²) in [5, 5.41) is 9.64. The fourth-order valence-electron chi connectivity index (χ4n) is 1.46. The predicted octanol–water partition coefficient (Wildman–Crippen LogP) is 2.94. The number of nitriles is 1. The van der Waals surface area contributed by atoms with Crippen molar-refractivity contribution in [3.05, 3.63) is 34.4 Å². The maximum atomic E-state index is 11.6. The Balaban J connectivity index is 3.25. The van der Waals surface area contributed by atoms with Gasteiger partial charge in [-0.05, 0) is 31.0 Å². The van der Waals surface area contributed by atoms with Crippen LogP contribution in [0.2, 0.25) is 0 Å². The Kier molecular flexibility index (Phi) is 4.51. The normalized spacial score (nSPS) is 9.62. The molecule has 1 rings (SSSR count). The van der Waals surface area contributed by atoms with E-state index >= 15 is 0 Å². The van der Waals surface area contributed by atoms with Crippen LogP contribution in [0, 0.1) is 18.3 Å². The molecule has 0 aliphatic heterocycles. The van der Waals surface area contributed by atoms with Crippen molar-refractivity contribution in [1.29, 1.82) is 5.26 Å². The van der Waals surface area contributed by atoms with Gasteiger partial charge < -0.3 is 4.74 Å². The van der Waals surface area contributed by atoms with Gasteiger partial charge in [0.2, 0.25) is 0 Å². The van der Waals surface area contributed by atoms with Crippen LogP contribution >= 0.6 is 15.9 Å². The highest BCUT2D eigenvalue weighted by Gasteiger charge is 2.15. The molecule has 84 valence electrons. The molecule has 0 atom stereocenters. The number of benzene rings is 1. The van der Waals surface area contributed by atoms with Crippen LogP contribution in [0.4, 0.5) is 0 Å². The average Bonchev–Trinajstić information content (AvgIpc) is 2.28. The largest absolute Gasteiger partial charge is 0.462 e. The van der Waals surface area contributed by atoms with Gasteiger partial charge in [0.1, 0.15) is 0 Å². The molecule has 0 saturated heterocycles. The fourth-order valence-corrected chi connectivity index (χ4v) is 1.93. The number of nitrogens with zero attached hydrogens (tertiary/aromatic N) is 1. The third-order valence-corrected chi connectivity index (χ3v) is 2.91. The van der Waals surface area contributed by atoms with Gasteiger partial charge in [0.05, 0.1) is 23.8 Å². The van der Waals surface area contributed by atoms with Crippen molar-refractivity contribution in [2.75, 3.05) is 6.61 Å². The zero-order valence-corrected chi connectivity index (χ0v) is 10.8. The topological polar surface area (TPSA) is 50.1 Å². The van der Waals surface area contributed by atoms with E-state index in [1.54, 1.807) is 26.0 Å². The van der Waals surface area contributed by atoms with Crippen molar-refractivity contribution < 1.29 is 9.53 Å². The summed E-state index contributed by atoms with van der Waals surface area (Å²) in [6, 6.07) is 5.58. The third kappa shape index (κ3) is 2.42. The van der Waals surface area contributed by atoms with Gasteiger partial charge in [0.25, 0.3) is 0 Å². The Morgan fingerprint density at radius 2 is 2.25 bits per heavy atom. The van der Waals surface area contributed by atoms with Crippen LogP contribution in [0.5, 0.6) is 0 Å². The van der Waals surface area contributed by atoms with Gasteiger partial charge in [0.15, 0.2) is 0 Å². The van der Waals surface area contributed by atoms with Gasteiger partial charge in [-0.1, -0.05) is 22.0 Å². The maximum absolute atomic E-state index is 11.6. The summed E-state index contributed by atoms with van der Waals surface area (Å²) >= 11 is 3.31. The standard InChI is InChI=1S/C12H12BrNO2/c1-3-16-12(15)10-5-4-9(6-13)11(7-14)8(10)2/h4-5H,3,6H2,1-2H3. The molecular formula is C12H12BrNO2. The van der Waals surface area contributed by atoms with E-state index in [1.165, 1.54) is 0 Å². The van der Waals surface area contributed by atoms with Crippen LogP contribution in [0.15, 0.2) is 12.1 Å². The molecule has 1 aromatic rings. The lowest BCUT2D eigenvalue weighted by Gasteiger charge is -2.09. The zero-order valence-electron chi connectivity index (χ0n) is 9.21. The van der Waals surface area contributed by atoms with Crippen molar-refractivity contribution in [3.8, 4) is 6.07 Å². The average molecular weight is 282 g/mol. The summed E-state index contributed by atoms with van der Waals surface area (Å²) in [6.07, 6.45) is 0. The van der Waals surface area contributed by atoms with Gasteiger partial charge in [-0.25, -0.2) is 4.79 Å². The molecule has 0 aromatic heterocycles. The molecule has 0 fully saturated rings. The van der Waals surface area contributed by atoms with Crippen molar-refractivity contribution in [1.82, 2.24) is 0 Å². The fraction of sp³-hybridized carbons (Fsp3) is 0.333. The van der Waals surface area contributed by atoms with Crippen LogP contribution in [-0.4, -0.2) is 12.6 Å². The van der Waals surface area contributed by atoms with Crippen molar-refractivity contribution in [2.45, 2.75) is 19.2 Å². The molecule has 0 aliphatic rings. The second-order valence-corrected chi connectivity index (χ2v) is 3.80. The number of hydrogen-bond acceptors (Lipinski definition) is 3. The van der Waals surface area contributed by atoms with Crippen LogP contribution in [0.25, 0.3) is 0 Å². The minimum atomic E-state index is -0.377. The minimum Gasteiger partial charge on any atom is -0.462 e. The van der Waals surface area contributed by atoms with Gasteiger partial charge in [0, 0.05) is 5.33 Å².